The fourth-order valence-corrected chi connectivity index (χ4v) is 0.556. The molecule has 0 radical (unpaired) electrons. The number of nitrogens with zero attached hydrogens (tertiary/aromatic N) is 1. The maximum absolute atomic E-state index is 5.44. The van der Waals surface area contributed by atoms with E-state index < -0.39 is 0 Å². The summed E-state index contributed by atoms with van der Waals surface area (Å²) < 4.78 is 0. The summed E-state index contributed by atoms with van der Waals surface area (Å²) in [6, 6.07) is 0. The summed E-state index contributed by atoms with van der Waals surface area (Å²) in [6.45, 7) is 5.11. The number of rotatable bonds is 4. The van der Waals surface area contributed by atoms with Gasteiger partial charge in [-0.05, 0) is 12.3 Å². The number of hydrogen-bond donors (Lipinski definition) is 0. The summed E-state index contributed by atoms with van der Waals surface area (Å²) in [5, 5.41) is 0. The monoisotopic (exact) mass is 147 g/mol. The average Bonchev–Trinajstić information content (AvgIpc) is 1.80. The van der Waals surface area contributed by atoms with Crippen LogP contribution in [-0.4, -0.2) is 18.6 Å². The third kappa shape index (κ3) is 7.96. The Balaban J connectivity index is 3.04. The van der Waals surface area contributed by atoms with Gasteiger partial charge in [-0.1, -0.05) is 13.8 Å². The van der Waals surface area contributed by atoms with Gasteiger partial charge in [0.1, 0.15) is 0 Å². The smallest absolute Gasteiger partial charge is 0.0396 e. The van der Waals surface area contributed by atoms with Crippen molar-refractivity contribution in [3.8, 4) is 0 Å². The molecule has 0 saturated carbocycles. The van der Waals surface area contributed by atoms with Gasteiger partial charge in [-0.25, -0.2) is 0 Å². The minimum atomic E-state index is 0.570. The molecule has 0 unspecified atom stereocenters. The van der Waals surface area contributed by atoms with Crippen molar-refractivity contribution in [1.82, 2.24) is 0 Å². The Morgan fingerprint density at radius 1 is 1.56 bits per heavy atom. The van der Waals surface area contributed by atoms with Gasteiger partial charge >= 0.3 is 0 Å². The summed E-state index contributed by atoms with van der Waals surface area (Å²) in [5.41, 5.74) is 0. The predicted octanol–water partition coefficient (Wildman–Crippen LogP) is 2.34. The van der Waals surface area contributed by atoms with E-state index in [0.29, 0.717) is 5.92 Å². The van der Waals surface area contributed by atoms with Crippen molar-refractivity contribution in [2.75, 3.05) is 12.4 Å². The lowest BCUT2D eigenvalue weighted by Gasteiger charge is -1.91. The largest absolute Gasteiger partial charge is 0.297 e. The van der Waals surface area contributed by atoms with E-state index in [-0.39, 0.29) is 0 Å². The van der Waals surface area contributed by atoms with Gasteiger partial charge < -0.3 is 0 Å². The van der Waals surface area contributed by atoms with E-state index in [1.807, 2.05) is 6.21 Å². The molecule has 0 aromatic rings. The highest BCUT2D eigenvalue weighted by Crippen LogP contribution is 1.88. The zero-order valence-electron chi connectivity index (χ0n) is 6.10. The average molecular weight is 148 g/mol. The Bertz CT molecular complexity index is 79.0. The molecule has 0 aliphatic heterocycles. The molecule has 2 heteroatoms. The van der Waals surface area contributed by atoms with E-state index >= 15 is 0 Å². The molecule has 0 heterocycles. The summed E-state index contributed by atoms with van der Waals surface area (Å²) in [5.74, 6) is 1.29. The van der Waals surface area contributed by atoms with Crippen LogP contribution in [0.4, 0.5) is 0 Å². The topological polar surface area (TPSA) is 12.4 Å². The van der Waals surface area contributed by atoms with E-state index in [9.17, 15) is 0 Å². The van der Waals surface area contributed by atoms with Crippen LogP contribution in [0.1, 0.15) is 20.3 Å². The first-order valence-electron chi connectivity index (χ1n) is 3.33. The van der Waals surface area contributed by atoms with Crippen molar-refractivity contribution in [3.05, 3.63) is 0 Å². The molecule has 0 bridgehead atoms. The Labute approximate surface area is 62.1 Å². The van der Waals surface area contributed by atoms with Crippen molar-refractivity contribution in [3.63, 3.8) is 0 Å². The number of aliphatic imine (C=N–C) groups is 1. The van der Waals surface area contributed by atoms with E-state index in [2.05, 4.69) is 18.8 Å². The van der Waals surface area contributed by atoms with E-state index in [0.717, 1.165) is 18.8 Å². The van der Waals surface area contributed by atoms with Crippen LogP contribution >= 0.6 is 11.6 Å². The fourth-order valence-electron chi connectivity index (χ4n) is 0.436. The molecule has 0 saturated heterocycles. The van der Waals surface area contributed by atoms with Crippen LogP contribution in [0.3, 0.4) is 0 Å². The molecule has 0 aliphatic carbocycles. The predicted molar refractivity (Wildman–Crippen MR) is 43.5 cm³/mol. The number of halogens is 1. The molecule has 0 aromatic carbocycles. The SMILES string of the molecule is CC(C)C=NCCCCl. The maximum Gasteiger partial charge on any atom is 0.0396 e. The zero-order valence-corrected chi connectivity index (χ0v) is 6.86. The summed E-state index contributed by atoms with van der Waals surface area (Å²) in [4.78, 5) is 4.15. The van der Waals surface area contributed by atoms with Gasteiger partial charge in [-0.3, -0.25) is 4.99 Å². The molecule has 0 N–H and O–H groups in total. The van der Waals surface area contributed by atoms with Crippen LogP contribution in [0.25, 0.3) is 0 Å². The lowest BCUT2D eigenvalue weighted by atomic mass is 10.2. The van der Waals surface area contributed by atoms with Crippen molar-refractivity contribution < 1.29 is 0 Å². The lowest BCUT2D eigenvalue weighted by Crippen LogP contribution is -1.89. The van der Waals surface area contributed by atoms with Crippen LogP contribution < -0.4 is 0 Å². The molecular weight excluding hydrogens is 134 g/mol. The normalized spacial score (nSPS) is 11.6. The third-order valence-electron chi connectivity index (χ3n) is 0.824. The van der Waals surface area contributed by atoms with Crippen LogP contribution in [0, 0.1) is 5.92 Å². The van der Waals surface area contributed by atoms with Gasteiger partial charge in [-0.2, -0.15) is 0 Å². The van der Waals surface area contributed by atoms with E-state index in [1.54, 1.807) is 0 Å². The number of alkyl halides is 1. The van der Waals surface area contributed by atoms with E-state index in [4.69, 9.17) is 11.6 Å². The second-order valence-corrected chi connectivity index (χ2v) is 2.72. The molecule has 0 fully saturated rings. The molecule has 0 spiro atoms. The molecule has 1 nitrogen and oxygen atoms in total. The van der Waals surface area contributed by atoms with Gasteiger partial charge in [0.05, 0.1) is 0 Å². The van der Waals surface area contributed by atoms with E-state index in [1.165, 1.54) is 0 Å². The lowest BCUT2D eigenvalue weighted by molar-refractivity contribution is 0.876. The molecule has 0 amide bonds. The first-order valence-corrected chi connectivity index (χ1v) is 3.86. The maximum atomic E-state index is 5.44. The van der Waals surface area contributed by atoms with Crippen molar-refractivity contribution in [2.24, 2.45) is 10.9 Å². The molecular formula is C7H14ClN. The Kier molecular flexibility index (Phi) is 6.06. The second kappa shape index (κ2) is 6.09. The summed E-state index contributed by atoms with van der Waals surface area (Å²) in [6.07, 6.45) is 2.96. The number of hydrogen-bond acceptors (Lipinski definition) is 1. The van der Waals surface area contributed by atoms with Crippen LogP contribution in [0.15, 0.2) is 4.99 Å². The summed E-state index contributed by atoms with van der Waals surface area (Å²) in [7, 11) is 0. The minimum absolute atomic E-state index is 0.570. The fraction of sp³-hybridized carbons (Fsp3) is 0.857. The van der Waals surface area contributed by atoms with Crippen molar-refractivity contribution in [2.45, 2.75) is 20.3 Å². The zero-order chi connectivity index (χ0) is 7.11. The molecule has 0 aliphatic rings. The quantitative estimate of drug-likeness (QED) is 0.329. The highest BCUT2D eigenvalue weighted by Gasteiger charge is 1.83. The summed E-state index contributed by atoms with van der Waals surface area (Å²) >= 11 is 5.44. The Hall–Kier alpha value is -0.0400. The van der Waals surface area contributed by atoms with Gasteiger partial charge in [0.15, 0.2) is 0 Å². The van der Waals surface area contributed by atoms with Gasteiger partial charge in [0.25, 0.3) is 0 Å². The van der Waals surface area contributed by atoms with Gasteiger partial charge in [0, 0.05) is 18.6 Å². The molecule has 54 valence electrons. The Morgan fingerprint density at radius 2 is 2.22 bits per heavy atom. The van der Waals surface area contributed by atoms with Gasteiger partial charge in [0.2, 0.25) is 0 Å². The van der Waals surface area contributed by atoms with Crippen molar-refractivity contribution in [1.29, 1.82) is 0 Å². The minimum Gasteiger partial charge on any atom is -0.297 e. The molecule has 9 heavy (non-hydrogen) atoms. The highest BCUT2D eigenvalue weighted by atomic mass is 35.5. The second-order valence-electron chi connectivity index (χ2n) is 2.34. The van der Waals surface area contributed by atoms with Crippen molar-refractivity contribution >= 4 is 17.8 Å². The Morgan fingerprint density at radius 3 is 2.67 bits per heavy atom. The molecule has 0 aromatic heterocycles. The van der Waals surface area contributed by atoms with Gasteiger partial charge in [-0.15, -0.1) is 11.6 Å². The van der Waals surface area contributed by atoms with Crippen LogP contribution in [0.5, 0.6) is 0 Å². The first kappa shape index (κ1) is 8.96. The molecule has 0 atom stereocenters. The molecule has 0 rings (SSSR count). The van der Waals surface area contributed by atoms with Crippen LogP contribution in [0.2, 0.25) is 0 Å². The van der Waals surface area contributed by atoms with Crippen LogP contribution in [-0.2, 0) is 0 Å². The highest BCUT2D eigenvalue weighted by molar-refractivity contribution is 6.17. The first-order chi connectivity index (χ1) is 4.27. The standard InChI is InChI=1S/C7H14ClN/c1-7(2)6-9-5-3-4-8/h6-7H,3-5H2,1-2H3. The third-order valence-corrected chi connectivity index (χ3v) is 1.09.